The van der Waals surface area contributed by atoms with Crippen molar-refractivity contribution in [2.45, 2.75) is 13.3 Å². The predicted octanol–water partition coefficient (Wildman–Crippen LogP) is 2.59. The van der Waals surface area contributed by atoms with Crippen LogP contribution < -0.4 is 4.74 Å². The van der Waals surface area contributed by atoms with E-state index in [1.807, 2.05) is 0 Å². The highest BCUT2D eigenvalue weighted by molar-refractivity contribution is 9.10. The molecule has 1 heterocycles. The zero-order valence-corrected chi connectivity index (χ0v) is 11.5. The molecule has 1 atom stereocenters. The average molecular weight is 313 g/mol. The first kappa shape index (κ1) is 13.1. The van der Waals surface area contributed by atoms with Crippen LogP contribution in [0.3, 0.4) is 0 Å². The van der Waals surface area contributed by atoms with Gasteiger partial charge in [0.25, 0.3) is 0 Å². The Morgan fingerprint density at radius 3 is 3.06 bits per heavy atom. The number of hydrogen-bond acceptors (Lipinski definition) is 4. The fraction of sp³-hybridized carbons (Fsp3) is 0.385. The predicted molar refractivity (Wildman–Crippen MR) is 68.7 cm³/mol. The minimum absolute atomic E-state index is 0.228. The molecule has 1 aromatic rings. The maximum Gasteiger partial charge on any atom is 0.316 e. The summed E-state index contributed by atoms with van der Waals surface area (Å²) in [5.41, 5.74) is 0.439. The van der Waals surface area contributed by atoms with E-state index in [0.717, 1.165) is 4.47 Å². The number of carbonyl (C=O) groups excluding carboxylic acids is 2. The maximum absolute atomic E-state index is 12.3. The van der Waals surface area contributed by atoms with E-state index in [9.17, 15) is 9.59 Å². The van der Waals surface area contributed by atoms with E-state index in [1.165, 1.54) is 0 Å². The van der Waals surface area contributed by atoms with Crippen molar-refractivity contribution >= 4 is 27.7 Å². The SMILES string of the molecule is CCOC(=O)C1CCOc2cc(Br)ccc2C1=O. The van der Waals surface area contributed by atoms with Gasteiger partial charge in [-0.2, -0.15) is 0 Å². The van der Waals surface area contributed by atoms with Crippen LogP contribution >= 0.6 is 15.9 Å². The Bertz CT molecular complexity index is 484. The van der Waals surface area contributed by atoms with Crippen molar-refractivity contribution < 1.29 is 19.1 Å². The monoisotopic (exact) mass is 312 g/mol. The molecule has 0 bridgehead atoms. The highest BCUT2D eigenvalue weighted by atomic mass is 79.9. The number of fused-ring (bicyclic) bond motifs is 1. The minimum Gasteiger partial charge on any atom is -0.493 e. The largest absolute Gasteiger partial charge is 0.493 e. The molecule has 1 aromatic carbocycles. The van der Waals surface area contributed by atoms with Crippen LogP contribution in [0.25, 0.3) is 0 Å². The van der Waals surface area contributed by atoms with Crippen LogP contribution in [0.5, 0.6) is 5.75 Å². The summed E-state index contributed by atoms with van der Waals surface area (Å²) >= 11 is 3.32. The van der Waals surface area contributed by atoms with Crippen molar-refractivity contribution in [1.29, 1.82) is 0 Å². The first-order chi connectivity index (χ1) is 8.63. The van der Waals surface area contributed by atoms with Crippen LogP contribution in [0.15, 0.2) is 22.7 Å². The molecule has 18 heavy (non-hydrogen) atoms. The van der Waals surface area contributed by atoms with Crippen LogP contribution in [-0.2, 0) is 9.53 Å². The molecule has 0 N–H and O–H groups in total. The Kier molecular flexibility index (Phi) is 4.01. The molecule has 96 valence electrons. The third-order valence-electron chi connectivity index (χ3n) is 2.76. The molecule has 5 heteroatoms. The number of esters is 1. The number of ether oxygens (including phenoxy) is 2. The Labute approximate surface area is 113 Å². The Balaban J connectivity index is 2.32. The average Bonchev–Trinajstić information content (AvgIpc) is 2.49. The zero-order valence-electron chi connectivity index (χ0n) is 9.94. The molecule has 0 amide bonds. The van der Waals surface area contributed by atoms with E-state index in [2.05, 4.69) is 15.9 Å². The van der Waals surface area contributed by atoms with Crippen molar-refractivity contribution in [3.8, 4) is 5.75 Å². The van der Waals surface area contributed by atoms with Crippen LogP contribution in [0.2, 0.25) is 0 Å². The lowest BCUT2D eigenvalue weighted by atomic mass is 9.95. The summed E-state index contributed by atoms with van der Waals surface area (Å²) in [5.74, 6) is -0.941. The van der Waals surface area contributed by atoms with Crippen molar-refractivity contribution in [3.63, 3.8) is 0 Å². The highest BCUT2D eigenvalue weighted by Crippen LogP contribution is 2.30. The van der Waals surface area contributed by atoms with Gasteiger partial charge in [0.05, 0.1) is 18.8 Å². The Hall–Kier alpha value is -1.36. The van der Waals surface area contributed by atoms with E-state index in [1.54, 1.807) is 25.1 Å². The van der Waals surface area contributed by atoms with E-state index < -0.39 is 11.9 Å². The van der Waals surface area contributed by atoms with Gasteiger partial charge in [0, 0.05) is 10.9 Å². The summed E-state index contributed by atoms with van der Waals surface area (Å²) in [7, 11) is 0. The number of benzene rings is 1. The van der Waals surface area contributed by atoms with E-state index in [0.29, 0.717) is 24.3 Å². The molecular formula is C13H13BrO4. The van der Waals surface area contributed by atoms with Crippen molar-refractivity contribution in [3.05, 3.63) is 28.2 Å². The first-order valence-electron chi connectivity index (χ1n) is 5.76. The van der Waals surface area contributed by atoms with Crippen LogP contribution in [0, 0.1) is 5.92 Å². The second-order valence-electron chi connectivity index (χ2n) is 3.95. The molecule has 0 aliphatic carbocycles. The summed E-state index contributed by atoms with van der Waals surface area (Å²) in [6.45, 7) is 2.33. The Morgan fingerprint density at radius 2 is 2.33 bits per heavy atom. The van der Waals surface area contributed by atoms with Gasteiger partial charge in [-0.25, -0.2) is 0 Å². The van der Waals surface area contributed by atoms with Crippen LogP contribution in [0.4, 0.5) is 0 Å². The summed E-state index contributed by atoms with van der Waals surface area (Å²) in [6.07, 6.45) is 0.351. The summed E-state index contributed by atoms with van der Waals surface area (Å²) < 4.78 is 11.3. The van der Waals surface area contributed by atoms with Gasteiger partial charge in [0.1, 0.15) is 11.7 Å². The van der Waals surface area contributed by atoms with Gasteiger partial charge in [-0.3, -0.25) is 9.59 Å². The number of hydrogen-bond donors (Lipinski definition) is 0. The van der Waals surface area contributed by atoms with Gasteiger partial charge < -0.3 is 9.47 Å². The number of halogens is 1. The second-order valence-corrected chi connectivity index (χ2v) is 4.86. The number of ketones is 1. The third kappa shape index (κ3) is 2.56. The number of Topliss-reactive ketones (excluding diaryl/α,β-unsaturated/α-hetero) is 1. The Morgan fingerprint density at radius 1 is 1.56 bits per heavy atom. The topological polar surface area (TPSA) is 52.6 Å². The molecule has 1 aliphatic rings. The lowest BCUT2D eigenvalue weighted by molar-refractivity contribution is -0.146. The summed E-state index contributed by atoms with van der Waals surface area (Å²) in [6, 6.07) is 5.16. The summed E-state index contributed by atoms with van der Waals surface area (Å²) in [4.78, 5) is 24.0. The smallest absolute Gasteiger partial charge is 0.316 e. The zero-order chi connectivity index (χ0) is 13.1. The standard InChI is InChI=1S/C13H13BrO4/c1-2-17-13(16)10-5-6-18-11-7-8(14)3-4-9(11)12(10)15/h3-4,7,10H,2,5-6H2,1H3. The quantitative estimate of drug-likeness (QED) is 0.622. The molecule has 0 spiro atoms. The first-order valence-corrected chi connectivity index (χ1v) is 6.56. The third-order valence-corrected chi connectivity index (χ3v) is 3.25. The van der Waals surface area contributed by atoms with Crippen LogP contribution in [-0.4, -0.2) is 25.0 Å². The number of rotatable bonds is 2. The van der Waals surface area contributed by atoms with Gasteiger partial charge in [-0.05, 0) is 25.1 Å². The lowest BCUT2D eigenvalue weighted by Gasteiger charge is -2.10. The summed E-state index contributed by atoms with van der Waals surface area (Å²) in [5, 5.41) is 0. The second kappa shape index (κ2) is 5.52. The van der Waals surface area contributed by atoms with E-state index in [-0.39, 0.29) is 12.4 Å². The lowest BCUT2D eigenvalue weighted by Crippen LogP contribution is -2.26. The van der Waals surface area contributed by atoms with Crippen LogP contribution in [0.1, 0.15) is 23.7 Å². The van der Waals surface area contributed by atoms with Crippen molar-refractivity contribution in [2.24, 2.45) is 5.92 Å². The van der Waals surface area contributed by atoms with Gasteiger partial charge in [0.15, 0.2) is 5.78 Å². The van der Waals surface area contributed by atoms with Gasteiger partial charge in [-0.1, -0.05) is 15.9 Å². The molecule has 1 unspecified atom stereocenters. The molecule has 4 nitrogen and oxygen atoms in total. The van der Waals surface area contributed by atoms with Crippen molar-refractivity contribution in [1.82, 2.24) is 0 Å². The van der Waals surface area contributed by atoms with Crippen molar-refractivity contribution in [2.75, 3.05) is 13.2 Å². The van der Waals surface area contributed by atoms with Gasteiger partial charge in [0.2, 0.25) is 0 Å². The fourth-order valence-corrected chi connectivity index (χ4v) is 2.23. The normalized spacial score (nSPS) is 18.6. The maximum atomic E-state index is 12.3. The molecule has 1 aliphatic heterocycles. The minimum atomic E-state index is -0.757. The van der Waals surface area contributed by atoms with E-state index >= 15 is 0 Å². The number of carbonyl (C=O) groups is 2. The molecule has 0 saturated heterocycles. The van der Waals surface area contributed by atoms with Gasteiger partial charge in [-0.15, -0.1) is 0 Å². The molecule has 2 rings (SSSR count). The molecule has 0 aromatic heterocycles. The molecule has 0 fully saturated rings. The molecule has 0 radical (unpaired) electrons. The fourth-order valence-electron chi connectivity index (χ4n) is 1.89. The van der Waals surface area contributed by atoms with Gasteiger partial charge >= 0.3 is 5.97 Å². The molecular weight excluding hydrogens is 300 g/mol. The highest BCUT2D eigenvalue weighted by Gasteiger charge is 2.33. The molecule has 0 saturated carbocycles. The van der Waals surface area contributed by atoms with E-state index in [4.69, 9.17) is 9.47 Å².